The van der Waals surface area contributed by atoms with Gasteiger partial charge in [-0.15, -0.1) is 76.3 Å². The summed E-state index contributed by atoms with van der Waals surface area (Å²) >= 11 is 0. The predicted molar refractivity (Wildman–Crippen MR) is 228 cm³/mol. The first kappa shape index (κ1) is 101. The van der Waals surface area contributed by atoms with Gasteiger partial charge in [0.25, 0.3) is 0 Å². The van der Waals surface area contributed by atoms with Crippen molar-refractivity contribution < 1.29 is 157 Å². The zero-order valence-electron chi connectivity index (χ0n) is 43.3. The number of nitrogens with zero attached hydrogens (tertiary/aromatic N) is 4. The molecule has 0 aromatic heterocycles. The molecule has 0 spiro atoms. The fourth-order valence-corrected chi connectivity index (χ4v) is 2.96. The quantitative estimate of drug-likeness (QED) is 0.0489. The van der Waals surface area contributed by atoms with Crippen LogP contribution in [-0.4, -0.2) is 245 Å². The first-order chi connectivity index (χ1) is 29.8. The Morgan fingerprint density at radius 3 is 0.373 bits per heavy atom. The fourth-order valence-electron chi connectivity index (χ4n) is 2.96. The molecule has 0 aliphatic heterocycles. The van der Waals surface area contributed by atoms with Gasteiger partial charge in [-0.3, -0.25) is 0 Å². The Labute approximate surface area is 451 Å². The SMILES string of the molecule is CC(C)[O-].CC(C)[O-].CC(C)[O-].CC(C)[O-].CC(C)[O-].CC(C)[O-].[O-]CCN(CCO)CCO.[O-]CCN(CCO)CCO.[O-]CCN(CC[O-])CCO.[O-]CCN(CC[O-])CCO.[Ti+4].[Ti+4].[Ti+4]. The Morgan fingerprint density at radius 2 is 0.313 bits per heavy atom. The van der Waals surface area contributed by atoms with E-state index in [-0.39, 0.29) is 144 Å². The summed E-state index contributed by atoms with van der Waals surface area (Å²) in [5, 5.41) is 168. The average Bonchev–Trinajstić information content (AvgIpc) is 3.13. The second-order valence-electron chi connectivity index (χ2n) is 14.2. The van der Waals surface area contributed by atoms with Crippen molar-refractivity contribution >= 4 is 0 Å². The Bertz CT molecular complexity index is 510. The monoisotopic (exact) mass is 1090 g/mol. The van der Waals surface area contributed by atoms with Crippen LogP contribution in [0.15, 0.2) is 0 Å². The maximum atomic E-state index is 10.1. The first-order valence-corrected chi connectivity index (χ1v) is 21.8. The van der Waals surface area contributed by atoms with Crippen molar-refractivity contribution in [3.8, 4) is 0 Å². The van der Waals surface area contributed by atoms with Crippen molar-refractivity contribution in [2.24, 2.45) is 0 Å². The molecule has 0 fully saturated rings. The van der Waals surface area contributed by atoms with E-state index in [2.05, 4.69) is 0 Å². The van der Waals surface area contributed by atoms with E-state index >= 15 is 0 Å². The molecule has 22 nitrogen and oxygen atoms in total. The van der Waals surface area contributed by atoms with Gasteiger partial charge in [0.1, 0.15) is 0 Å². The molecule has 0 aliphatic carbocycles. The first-order valence-electron chi connectivity index (χ1n) is 21.8. The van der Waals surface area contributed by atoms with Crippen LogP contribution in [0.2, 0.25) is 0 Å². The second-order valence-corrected chi connectivity index (χ2v) is 14.2. The van der Waals surface area contributed by atoms with E-state index in [9.17, 15) is 61.3 Å². The van der Waals surface area contributed by atoms with Crippen LogP contribution < -0.4 is 61.3 Å². The molecule has 0 saturated heterocycles. The van der Waals surface area contributed by atoms with Crippen LogP contribution in [0.3, 0.4) is 0 Å². The summed E-state index contributed by atoms with van der Waals surface area (Å²) < 4.78 is 0. The van der Waals surface area contributed by atoms with Gasteiger partial charge in [0, 0.05) is 39.3 Å². The van der Waals surface area contributed by atoms with E-state index < -0.39 is 36.6 Å². The predicted octanol–water partition coefficient (Wildman–Crippen LogP) is -12.2. The summed E-state index contributed by atoms with van der Waals surface area (Å²) in [5.74, 6) is 0. The Kier molecular flexibility index (Phi) is 146. The average molecular weight is 1090 g/mol. The third-order valence-corrected chi connectivity index (χ3v) is 4.94. The van der Waals surface area contributed by atoms with E-state index in [1.165, 1.54) is 0 Å². The summed E-state index contributed by atoms with van der Waals surface area (Å²) in [6.07, 6.45) is -2.50. The van der Waals surface area contributed by atoms with Gasteiger partial charge >= 0.3 is 65.2 Å². The molecule has 6 N–H and O–H groups in total. The third kappa shape index (κ3) is 206. The molecule has 0 rings (SSSR count). The van der Waals surface area contributed by atoms with E-state index in [1.54, 1.807) is 103 Å². The van der Waals surface area contributed by atoms with Crippen molar-refractivity contribution in [1.29, 1.82) is 0 Å². The van der Waals surface area contributed by atoms with Gasteiger partial charge in [-0.25, -0.2) is 0 Å². The molecule has 25 heteroatoms. The summed E-state index contributed by atoms with van der Waals surface area (Å²) in [7, 11) is 0. The van der Waals surface area contributed by atoms with Crippen LogP contribution in [0.4, 0.5) is 0 Å². The minimum absolute atomic E-state index is 0. The molecular formula is C42H96N4O18Ti3. The van der Waals surface area contributed by atoms with E-state index in [4.69, 9.17) is 30.6 Å². The normalized spacial score (nSPS) is 9.67. The van der Waals surface area contributed by atoms with Crippen LogP contribution in [0.5, 0.6) is 0 Å². The maximum Gasteiger partial charge on any atom is 4.00 e. The maximum absolute atomic E-state index is 10.1. The molecule has 404 valence electrons. The smallest absolute Gasteiger partial charge is 0.854 e. The Hall–Kier alpha value is 1.26. The number of aliphatic hydroxyl groups excluding tert-OH is 6. The second kappa shape index (κ2) is 96.7. The summed E-state index contributed by atoms with van der Waals surface area (Å²) in [5.41, 5.74) is 0. The van der Waals surface area contributed by atoms with Crippen molar-refractivity contribution in [3.63, 3.8) is 0 Å². The van der Waals surface area contributed by atoms with Crippen LogP contribution in [0.25, 0.3) is 0 Å². The molecule has 0 unspecified atom stereocenters. The van der Waals surface area contributed by atoms with Gasteiger partial charge in [-0.05, 0) is 39.3 Å². The molecular weight excluding hydrogens is 992 g/mol. The topological polar surface area (TPSA) is 411 Å². The zero-order chi connectivity index (χ0) is 52.7. The fraction of sp³-hybridized carbons (Fsp3) is 1.00. The molecule has 0 aromatic carbocycles. The van der Waals surface area contributed by atoms with E-state index in [0.717, 1.165) is 0 Å². The summed E-state index contributed by atoms with van der Waals surface area (Å²) in [6, 6.07) is 0. The van der Waals surface area contributed by atoms with Gasteiger partial charge in [0.15, 0.2) is 0 Å². The number of hydrogen-bond donors (Lipinski definition) is 6. The van der Waals surface area contributed by atoms with E-state index in [0.29, 0.717) is 78.5 Å². The molecule has 0 atom stereocenters. The standard InChI is InChI=1S/2C6H14NO3.2C6H13NO3.6C3H7O.3Ti/c4*8-4-1-7(2-5-9)3-6-10;6*1-3(2)4;;;/h2*8-9H,1-6H2;2*8H,1-6H2;6*3H,1-2H3;;;/q2*-1;2*-2;6*-1;3*+4. The Balaban J connectivity index is -0.0000000450. The third-order valence-electron chi connectivity index (χ3n) is 4.94. The molecule has 0 heterocycles. The van der Waals surface area contributed by atoms with Crippen molar-refractivity contribution in [2.75, 3.05) is 158 Å². The largest absolute Gasteiger partial charge is 4.00 e. The number of rotatable bonds is 24. The minimum Gasteiger partial charge on any atom is -0.854 e. The summed E-state index contributed by atoms with van der Waals surface area (Å²) in [4.78, 5) is 6.79. The van der Waals surface area contributed by atoms with E-state index in [1.807, 2.05) is 0 Å². The van der Waals surface area contributed by atoms with Gasteiger partial charge in [0.2, 0.25) is 0 Å². The number of aliphatic hydroxyl groups is 6. The van der Waals surface area contributed by atoms with Crippen LogP contribution in [-0.2, 0) is 65.2 Å². The minimum atomic E-state index is -0.417. The van der Waals surface area contributed by atoms with Crippen molar-refractivity contribution in [3.05, 3.63) is 0 Å². The van der Waals surface area contributed by atoms with Gasteiger partial charge < -0.3 is 112 Å². The Morgan fingerprint density at radius 1 is 0.239 bits per heavy atom. The molecule has 67 heavy (non-hydrogen) atoms. The molecule has 0 aliphatic rings. The van der Waals surface area contributed by atoms with Gasteiger partial charge in [-0.1, -0.05) is 83.1 Å². The van der Waals surface area contributed by atoms with Gasteiger partial charge in [-0.2, -0.15) is 0 Å². The zero-order valence-corrected chi connectivity index (χ0v) is 48.0. The van der Waals surface area contributed by atoms with Crippen LogP contribution in [0.1, 0.15) is 83.1 Å². The molecule has 0 bridgehead atoms. The van der Waals surface area contributed by atoms with Crippen LogP contribution >= 0.6 is 0 Å². The molecule has 0 radical (unpaired) electrons. The van der Waals surface area contributed by atoms with Crippen molar-refractivity contribution in [2.45, 2.75) is 120 Å². The van der Waals surface area contributed by atoms with Gasteiger partial charge in [0.05, 0.1) is 39.6 Å². The molecule has 0 saturated carbocycles. The van der Waals surface area contributed by atoms with Crippen LogP contribution in [0, 0.1) is 0 Å². The van der Waals surface area contributed by atoms with Crippen molar-refractivity contribution in [1.82, 2.24) is 19.6 Å². The summed E-state index contributed by atoms with van der Waals surface area (Å²) in [6.45, 7) is 23.4. The number of hydrogen-bond acceptors (Lipinski definition) is 22. The molecule has 0 amide bonds. The molecule has 0 aromatic rings.